The number of nitrogens with two attached hydrogens (primary N) is 1. The number of aliphatic hydroxyl groups is 1. The van der Waals surface area contributed by atoms with Crippen molar-refractivity contribution in [3.63, 3.8) is 0 Å². The lowest BCUT2D eigenvalue weighted by Gasteiger charge is -2.24. The van der Waals surface area contributed by atoms with E-state index in [-0.39, 0.29) is 6.61 Å². The van der Waals surface area contributed by atoms with Crippen LogP contribution in [0.25, 0.3) is 0 Å². The molecule has 56 valence electrons. The van der Waals surface area contributed by atoms with Crippen molar-refractivity contribution in [1.82, 2.24) is 5.32 Å². The summed E-state index contributed by atoms with van der Waals surface area (Å²) >= 11 is 0. The average molecular weight is 132 g/mol. The normalized spacial score (nSPS) is 17.3. The van der Waals surface area contributed by atoms with Crippen molar-refractivity contribution in [1.29, 1.82) is 0 Å². The van der Waals surface area contributed by atoms with Gasteiger partial charge in [0.15, 0.2) is 0 Å². The lowest BCUT2D eigenvalue weighted by molar-refractivity contribution is 0.226. The zero-order valence-corrected chi connectivity index (χ0v) is 6.15. The summed E-state index contributed by atoms with van der Waals surface area (Å²) in [7, 11) is 0. The highest BCUT2D eigenvalue weighted by Gasteiger charge is 2.14. The molecule has 3 nitrogen and oxygen atoms in total. The van der Waals surface area contributed by atoms with Crippen LogP contribution in [0.4, 0.5) is 0 Å². The molecular weight excluding hydrogens is 116 g/mol. The summed E-state index contributed by atoms with van der Waals surface area (Å²) in [5.74, 6) is 0. The molecule has 3 heteroatoms. The fraction of sp³-hybridized carbons (Fsp3) is 1.00. The Morgan fingerprint density at radius 3 is 2.56 bits per heavy atom. The Morgan fingerprint density at radius 1 is 1.67 bits per heavy atom. The Kier molecular flexibility index (Phi) is 3.77. The predicted molar refractivity (Wildman–Crippen MR) is 38.0 cm³/mol. The molecule has 0 fully saturated rings. The molecule has 0 aromatic heterocycles. The first kappa shape index (κ1) is 8.88. The maximum Gasteiger partial charge on any atom is 0.0654 e. The van der Waals surface area contributed by atoms with E-state index in [1.54, 1.807) is 0 Å². The standard InChI is InChI=1S/C6H16N2O/c1-3-8-6(2,7)4-5-9/h8-9H,3-5,7H2,1-2H3. The van der Waals surface area contributed by atoms with Crippen molar-refractivity contribution in [3.8, 4) is 0 Å². The van der Waals surface area contributed by atoms with Crippen LogP contribution in [-0.2, 0) is 0 Å². The Balaban J connectivity index is 3.43. The van der Waals surface area contributed by atoms with Gasteiger partial charge in [0.25, 0.3) is 0 Å². The van der Waals surface area contributed by atoms with Gasteiger partial charge in [-0.15, -0.1) is 0 Å². The van der Waals surface area contributed by atoms with Crippen LogP contribution < -0.4 is 11.1 Å². The lowest BCUT2D eigenvalue weighted by Crippen LogP contribution is -2.51. The minimum absolute atomic E-state index is 0.139. The minimum Gasteiger partial charge on any atom is -0.396 e. The first-order valence-corrected chi connectivity index (χ1v) is 3.27. The maximum atomic E-state index is 8.51. The van der Waals surface area contributed by atoms with Crippen LogP contribution in [0.1, 0.15) is 20.3 Å². The Morgan fingerprint density at radius 2 is 2.22 bits per heavy atom. The van der Waals surface area contributed by atoms with Gasteiger partial charge in [0.1, 0.15) is 0 Å². The first-order valence-electron chi connectivity index (χ1n) is 3.27. The molecule has 0 spiro atoms. The number of hydrogen-bond acceptors (Lipinski definition) is 3. The molecule has 0 radical (unpaired) electrons. The molecule has 1 atom stereocenters. The van der Waals surface area contributed by atoms with Crippen molar-refractivity contribution < 1.29 is 5.11 Å². The van der Waals surface area contributed by atoms with Gasteiger partial charge in [0.05, 0.1) is 5.66 Å². The van der Waals surface area contributed by atoms with Crippen molar-refractivity contribution in [3.05, 3.63) is 0 Å². The predicted octanol–water partition coefficient (Wildman–Crippen LogP) is -0.347. The maximum absolute atomic E-state index is 8.51. The number of aliphatic hydroxyl groups excluding tert-OH is 1. The van der Waals surface area contributed by atoms with E-state index in [2.05, 4.69) is 5.32 Å². The lowest BCUT2D eigenvalue weighted by atomic mass is 10.1. The van der Waals surface area contributed by atoms with Crippen molar-refractivity contribution in [2.24, 2.45) is 5.73 Å². The van der Waals surface area contributed by atoms with Crippen LogP contribution in [0.5, 0.6) is 0 Å². The Bertz CT molecular complexity index is 65.5. The second-order valence-electron chi connectivity index (χ2n) is 2.42. The van der Waals surface area contributed by atoms with E-state index >= 15 is 0 Å². The molecule has 0 heterocycles. The Hall–Kier alpha value is -0.120. The summed E-state index contributed by atoms with van der Waals surface area (Å²) in [5.41, 5.74) is 5.27. The second kappa shape index (κ2) is 3.82. The average Bonchev–Trinajstić information content (AvgIpc) is 1.64. The van der Waals surface area contributed by atoms with Gasteiger partial charge in [0, 0.05) is 13.0 Å². The fourth-order valence-corrected chi connectivity index (χ4v) is 0.724. The van der Waals surface area contributed by atoms with Gasteiger partial charge < -0.3 is 10.8 Å². The van der Waals surface area contributed by atoms with Crippen LogP contribution in [0.15, 0.2) is 0 Å². The van der Waals surface area contributed by atoms with E-state index in [4.69, 9.17) is 10.8 Å². The molecule has 9 heavy (non-hydrogen) atoms. The highest BCUT2D eigenvalue weighted by atomic mass is 16.3. The van der Waals surface area contributed by atoms with E-state index < -0.39 is 5.66 Å². The SMILES string of the molecule is CCNC(C)(N)CCO. The van der Waals surface area contributed by atoms with Gasteiger partial charge in [-0.3, -0.25) is 5.32 Å². The summed E-state index contributed by atoms with van der Waals surface area (Å²) in [6.07, 6.45) is 0.598. The summed E-state index contributed by atoms with van der Waals surface area (Å²) < 4.78 is 0. The summed E-state index contributed by atoms with van der Waals surface area (Å²) in [6.45, 7) is 4.84. The van der Waals surface area contributed by atoms with Crippen LogP contribution in [0, 0.1) is 0 Å². The Labute approximate surface area is 56.2 Å². The van der Waals surface area contributed by atoms with Crippen LogP contribution in [-0.4, -0.2) is 23.9 Å². The first-order chi connectivity index (χ1) is 4.12. The third kappa shape index (κ3) is 4.39. The van der Waals surface area contributed by atoms with Crippen LogP contribution in [0.3, 0.4) is 0 Å². The molecule has 0 amide bonds. The van der Waals surface area contributed by atoms with E-state index in [0.717, 1.165) is 6.54 Å². The number of nitrogens with one attached hydrogen (secondary N) is 1. The topological polar surface area (TPSA) is 58.3 Å². The molecule has 0 rings (SSSR count). The van der Waals surface area contributed by atoms with Gasteiger partial charge in [-0.2, -0.15) is 0 Å². The van der Waals surface area contributed by atoms with Gasteiger partial charge in [-0.1, -0.05) is 6.92 Å². The van der Waals surface area contributed by atoms with E-state index in [9.17, 15) is 0 Å². The number of hydrogen-bond donors (Lipinski definition) is 3. The highest BCUT2D eigenvalue weighted by Crippen LogP contribution is 1.97. The largest absolute Gasteiger partial charge is 0.396 e. The quantitative estimate of drug-likeness (QED) is 0.458. The van der Waals surface area contributed by atoms with E-state index in [1.165, 1.54) is 0 Å². The van der Waals surface area contributed by atoms with Crippen LogP contribution in [0.2, 0.25) is 0 Å². The molecule has 0 aromatic rings. The van der Waals surface area contributed by atoms with E-state index in [0.29, 0.717) is 6.42 Å². The van der Waals surface area contributed by atoms with Crippen LogP contribution >= 0.6 is 0 Å². The molecule has 0 saturated heterocycles. The zero-order chi connectivity index (χ0) is 7.33. The molecular formula is C6H16N2O. The molecule has 0 bridgehead atoms. The third-order valence-electron chi connectivity index (χ3n) is 1.21. The summed E-state index contributed by atoms with van der Waals surface area (Å²) in [5, 5.41) is 11.5. The molecule has 4 N–H and O–H groups in total. The van der Waals surface area contributed by atoms with Gasteiger partial charge in [0.2, 0.25) is 0 Å². The fourth-order valence-electron chi connectivity index (χ4n) is 0.724. The van der Waals surface area contributed by atoms with Crippen molar-refractivity contribution in [2.45, 2.75) is 25.9 Å². The minimum atomic E-state index is -0.399. The molecule has 0 aliphatic carbocycles. The molecule has 0 aliphatic heterocycles. The van der Waals surface area contributed by atoms with Crippen molar-refractivity contribution in [2.75, 3.05) is 13.2 Å². The van der Waals surface area contributed by atoms with Gasteiger partial charge in [-0.25, -0.2) is 0 Å². The van der Waals surface area contributed by atoms with Gasteiger partial charge in [-0.05, 0) is 13.5 Å². The van der Waals surface area contributed by atoms with Crippen molar-refractivity contribution >= 4 is 0 Å². The molecule has 0 aliphatic rings. The third-order valence-corrected chi connectivity index (χ3v) is 1.21. The monoisotopic (exact) mass is 132 g/mol. The zero-order valence-electron chi connectivity index (χ0n) is 6.15. The summed E-state index contributed by atoms with van der Waals surface area (Å²) in [4.78, 5) is 0. The van der Waals surface area contributed by atoms with Gasteiger partial charge >= 0.3 is 0 Å². The molecule has 1 unspecified atom stereocenters. The molecule has 0 aromatic carbocycles. The summed E-state index contributed by atoms with van der Waals surface area (Å²) in [6, 6.07) is 0. The second-order valence-corrected chi connectivity index (χ2v) is 2.42. The van der Waals surface area contributed by atoms with E-state index in [1.807, 2.05) is 13.8 Å². The number of rotatable bonds is 4. The smallest absolute Gasteiger partial charge is 0.0654 e. The molecule has 0 saturated carbocycles. The highest BCUT2D eigenvalue weighted by molar-refractivity contribution is 4.73.